The smallest absolute Gasteiger partial charge is 0.405 e. The van der Waals surface area contributed by atoms with Crippen molar-refractivity contribution in [2.45, 2.75) is 102 Å². The van der Waals surface area contributed by atoms with Gasteiger partial charge in [-0.2, -0.15) is 0 Å². The molecule has 1 spiro atoms. The number of hydrogen-bond donors (Lipinski definition) is 2. The third-order valence-corrected chi connectivity index (χ3v) is 6.70. The zero-order valence-electron chi connectivity index (χ0n) is 20.5. The van der Waals surface area contributed by atoms with Gasteiger partial charge in [-0.05, 0) is 71.8 Å². The molecule has 184 valence electrons. The molecule has 2 heterocycles. The maximum atomic E-state index is 12.1. The average molecular weight is 461 g/mol. The molecule has 0 bridgehead atoms. The number of epoxide rings is 1. The van der Waals surface area contributed by atoms with E-state index in [9.17, 15) is 9.59 Å². The van der Waals surface area contributed by atoms with Crippen LogP contribution in [0.2, 0.25) is 0 Å². The van der Waals surface area contributed by atoms with Gasteiger partial charge in [0.15, 0.2) is 0 Å². The first-order valence-corrected chi connectivity index (χ1v) is 12.2. The lowest BCUT2D eigenvalue weighted by Gasteiger charge is -2.38. The van der Waals surface area contributed by atoms with Crippen molar-refractivity contribution in [1.29, 1.82) is 0 Å². The molecule has 0 aromatic rings. The Bertz CT molecular complexity index is 783. The molecule has 33 heavy (non-hydrogen) atoms. The SMILES string of the molecule is CC(/C=C/[C@@H]1C[C@]2(CO2)CC(C)(C)O1)=C\C[C@H]1CC[C@@H](NC(=O)/C=C\[C@H](C)OC(N)=O)CC1. The molecule has 3 aliphatic rings. The van der Waals surface area contributed by atoms with E-state index in [1.54, 1.807) is 6.92 Å². The van der Waals surface area contributed by atoms with E-state index in [1.807, 2.05) is 0 Å². The monoisotopic (exact) mass is 460 g/mol. The molecular formula is C26H40N2O5. The molecule has 2 aliphatic heterocycles. The third-order valence-electron chi connectivity index (χ3n) is 6.70. The maximum Gasteiger partial charge on any atom is 0.405 e. The van der Waals surface area contributed by atoms with Crippen LogP contribution in [0, 0.1) is 5.92 Å². The molecule has 3 atom stereocenters. The summed E-state index contributed by atoms with van der Waals surface area (Å²) in [5.41, 5.74) is 6.14. The van der Waals surface area contributed by atoms with Gasteiger partial charge in [0.2, 0.25) is 5.91 Å². The van der Waals surface area contributed by atoms with E-state index in [-0.39, 0.29) is 29.3 Å². The highest BCUT2D eigenvalue weighted by molar-refractivity contribution is 5.87. The largest absolute Gasteiger partial charge is 0.442 e. The van der Waals surface area contributed by atoms with Gasteiger partial charge in [0.1, 0.15) is 6.10 Å². The maximum absolute atomic E-state index is 12.1. The summed E-state index contributed by atoms with van der Waals surface area (Å²) in [7, 11) is 0. The van der Waals surface area contributed by atoms with Gasteiger partial charge >= 0.3 is 6.09 Å². The zero-order chi connectivity index (χ0) is 24.1. The second-order valence-corrected chi connectivity index (χ2v) is 10.5. The molecule has 7 heteroatoms. The van der Waals surface area contributed by atoms with Crippen molar-refractivity contribution >= 4 is 12.0 Å². The van der Waals surface area contributed by atoms with Crippen LogP contribution in [0.15, 0.2) is 36.0 Å². The molecule has 1 saturated carbocycles. The van der Waals surface area contributed by atoms with Gasteiger partial charge in [0, 0.05) is 25.0 Å². The van der Waals surface area contributed by atoms with E-state index >= 15 is 0 Å². The van der Waals surface area contributed by atoms with Crippen LogP contribution in [-0.2, 0) is 19.0 Å². The van der Waals surface area contributed by atoms with E-state index in [0.717, 1.165) is 51.6 Å². The number of allylic oxidation sites excluding steroid dienone is 3. The van der Waals surface area contributed by atoms with Crippen molar-refractivity contribution in [3.63, 3.8) is 0 Å². The van der Waals surface area contributed by atoms with Crippen LogP contribution >= 0.6 is 0 Å². The second-order valence-electron chi connectivity index (χ2n) is 10.5. The molecule has 0 radical (unpaired) electrons. The van der Waals surface area contributed by atoms with E-state index in [1.165, 1.54) is 17.7 Å². The number of carbonyl (C=O) groups excluding carboxylic acids is 2. The van der Waals surface area contributed by atoms with Crippen LogP contribution in [-0.4, -0.2) is 48.1 Å². The van der Waals surface area contributed by atoms with Crippen LogP contribution in [0.25, 0.3) is 0 Å². The zero-order valence-corrected chi connectivity index (χ0v) is 20.5. The molecule has 0 unspecified atom stereocenters. The van der Waals surface area contributed by atoms with Gasteiger partial charge in [-0.3, -0.25) is 4.79 Å². The number of ether oxygens (including phenoxy) is 3. The molecule has 2 amide bonds. The first kappa shape index (κ1) is 25.5. The van der Waals surface area contributed by atoms with Crippen molar-refractivity contribution in [1.82, 2.24) is 5.32 Å². The van der Waals surface area contributed by atoms with Crippen molar-refractivity contribution < 1.29 is 23.8 Å². The highest BCUT2D eigenvalue weighted by atomic mass is 16.6. The van der Waals surface area contributed by atoms with E-state index in [4.69, 9.17) is 19.9 Å². The summed E-state index contributed by atoms with van der Waals surface area (Å²) < 4.78 is 16.7. The van der Waals surface area contributed by atoms with Crippen LogP contribution in [0.3, 0.4) is 0 Å². The summed E-state index contributed by atoms with van der Waals surface area (Å²) in [6.45, 7) is 8.96. The van der Waals surface area contributed by atoms with Crippen LogP contribution < -0.4 is 11.1 Å². The fourth-order valence-electron chi connectivity index (χ4n) is 5.05. The lowest BCUT2D eigenvalue weighted by atomic mass is 9.83. The number of nitrogens with two attached hydrogens (primary N) is 1. The van der Waals surface area contributed by atoms with Crippen molar-refractivity contribution in [2.75, 3.05) is 6.61 Å². The Morgan fingerprint density at radius 2 is 1.91 bits per heavy atom. The Kier molecular flexibility index (Phi) is 8.40. The van der Waals surface area contributed by atoms with Gasteiger partial charge in [0.25, 0.3) is 0 Å². The highest BCUT2D eigenvalue weighted by Crippen LogP contribution is 2.46. The Morgan fingerprint density at radius 3 is 2.55 bits per heavy atom. The highest BCUT2D eigenvalue weighted by Gasteiger charge is 2.53. The first-order chi connectivity index (χ1) is 15.5. The van der Waals surface area contributed by atoms with Gasteiger partial charge < -0.3 is 25.3 Å². The molecule has 1 aliphatic carbocycles. The molecule has 3 N–H and O–H groups in total. The van der Waals surface area contributed by atoms with Crippen LogP contribution in [0.5, 0.6) is 0 Å². The van der Waals surface area contributed by atoms with Crippen molar-refractivity contribution in [3.05, 3.63) is 36.0 Å². The molecular weight excluding hydrogens is 420 g/mol. The number of amides is 2. The van der Waals surface area contributed by atoms with Gasteiger partial charge in [-0.1, -0.05) is 23.8 Å². The van der Waals surface area contributed by atoms with Gasteiger partial charge in [-0.15, -0.1) is 0 Å². The van der Waals surface area contributed by atoms with E-state index < -0.39 is 12.2 Å². The third kappa shape index (κ3) is 8.63. The van der Waals surface area contributed by atoms with Crippen molar-refractivity contribution in [3.8, 4) is 0 Å². The predicted molar refractivity (Wildman–Crippen MR) is 128 cm³/mol. The lowest BCUT2D eigenvalue weighted by molar-refractivity contribution is -0.117. The summed E-state index contributed by atoms with van der Waals surface area (Å²) in [6.07, 6.45) is 15.5. The van der Waals surface area contributed by atoms with Crippen LogP contribution in [0.4, 0.5) is 4.79 Å². The molecule has 0 aromatic heterocycles. The minimum atomic E-state index is -0.849. The molecule has 0 aromatic carbocycles. The molecule has 3 rings (SSSR count). The Labute approximate surface area is 197 Å². The number of nitrogens with one attached hydrogen (secondary N) is 1. The van der Waals surface area contributed by atoms with E-state index in [0.29, 0.717) is 5.92 Å². The Hall–Kier alpha value is -2.12. The van der Waals surface area contributed by atoms with E-state index in [2.05, 4.69) is 44.3 Å². The topological polar surface area (TPSA) is 103 Å². The van der Waals surface area contributed by atoms with Gasteiger partial charge in [-0.25, -0.2) is 4.79 Å². The fourth-order valence-corrected chi connectivity index (χ4v) is 5.05. The number of rotatable bonds is 8. The predicted octanol–water partition coefficient (Wildman–Crippen LogP) is 4.32. The van der Waals surface area contributed by atoms with Crippen LogP contribution in [0.1, 0.15) is 72.6 Å². The molecule has 2 saturated heterocycles. The minimum absolute atomic E-state index is 0.0494. The Morgan fingerprint density at radius 1 is 1.21 bits per heavy atom. The average Bonchev–Trinajstić information content (AvgIpc) is 3.46. The summed E-state index contributed by atoms with van der Waals surface area (Å²) >= 11 is 0. The molecule has 7 nitrogen and oxygen atoms in total. The van der Waals surface area contributed by atoms with Crippen molar-refractivity contribution in [2.24, 2.45) is 11.7 Å². The van der Waals surface area contributed by atoms with Gasteiger partial charge in [0.05, 0.1) is 23.9 Å². The summed E-state index contributed by atoms with van der Waals surface area (Å²) in [5.74, 6) is 0.486. The molecule has 3 fully saturated rings. The number of hydrogen-bond acceptors (Lipinski definition) is 5. The summed E-state index contributed by atoms with van der Waals surface area (Å²) in [5, 5.41) is 3.04. The minimum Gasteiger partial charge on any atom is -0.442 e. The lowest BCUT2D eigenvalue weighted by Crippen LogP contribution is -2.43. The number of carbonyl (C=O) groups is 2. The quantitative estimate of drug-likeness (QED) is 0.319. The fraction of sp³-hybridized carbons (Fsp3) is 0.692. The first-order valence-electron chi connectivity index (χ1n) is 12.2. The summed E-state index contributed by atoms with van der Waals surface area (Å²) in [6, 6.07) is 0.194. The number of primary amides is 1. The summed E-state index contributed by atoms with van der Waals surface area (Å²) in [4.78, 5) is 22.8. The second kappa shape index (κ2) is 10.9. The Balaban J connectivity index is 1.36. The standard InChI is InChI=1S/C26H40N2O5/c1-18(6-13-22-15-26(17-31-26)16-25(3,4)33-22)5-8-20-9-11-21(12-10-20)28-23(29)14-7-19(2)32-24(27)30/h5-7,13-14,19-22H,8-12,15-17H2,1-4H3,(H2,27,30)(H,28,29)/b13-6+,14-7-,18-5+/t19-,20-,21+,22+,26+/m0/s1. The normalized spacial score (nSPS) is 32.7.